The predicted octanol–water partition coefficient (Wildman–Crippen LogP) is 3.44. The lowest BCUT2D eigenvalue weighted by Crippen LogP contribution is -2.38. The van der Waals surface area contributed by atoms with Crippen LogP contribution >= 0.6 is 0 Å². The van der Waals surface area contributed by atoms with Crippen molar-refractivity contribution in [2.75, 3.05) is 13.1 Å². The fourth-order valence-corrected chi connectivity index (χ4v) is 2.67. The molecule has 0 amide bonds. The summed E-state index contributed by atoms with van der Waals surface area (Å²) >= 11 is 0. The maximum Gasteiger partial charge on any atom is 0.0527 e. The lowest BCUT2D eigenvalue weighted by molar-refractivity contribution is 0.104. The summed E-state index contributed by atoms with van der Waals surface area (Å²) in [5, 5.41) is 9.62. The second-order valence-electron chi connectivity index (χ2n) is 6.93. The molecular formula is C15H31NO. The van der Waals surface area contributed by atoms with E-state index in [2.05, 4.69) is 25.7 Å². The minimum atomic E-state index is -0.157. The molecule has 0 aromatic carbocycles. The number of aliphatic hydroxyl groups is 1. The molecule has 0 aromatic rings. The van der Waals surface area contributed by atoms with E-state index < -0.39 is 0 Å². The van der Waals surface area contributed by atoms with E-state index in [1.807, 2.05) is 6.92 Å². The molecule has 2 heteroatoms. The van der Waals surface area contributed by atoms with Gasteiger partial charge in [-0.05, 0) is 51.1 Å². The molecule has 1 saturated heterocycles. The Morgan fingerprint density at radius 1 is 1.24 bits per heavy atom. The number of aliphatic hydroxyl groups excluding tert-OH is 1. The molecule has 0 radical (unpaired) electrons. The fraction of sp³-hybridized carbons (Fsp3) is 1.00. The zero-order chi connectivity index (χ0) is 12.9. The molecule has 1 aliphatic heterocycles. The average Bonchev–Trinajstić information content (AvgIpc) is 2.38. The minimum Gasteiger partial charge on any atom is -0.393 e. The van der Waals surface area contributed by atoms with Crippen LogP contribution in [0.2, 0.25) is 0 Å². The van der Waals surface area contributed by atoms with E-state index >= 15 is 0 Å². The minimum absolute atomic E-state index is 0.157. The molecule has 1 heterocycles. The highest BCUT2D eigenvalue weighted by atomic mass is 16.3. The van der Waals surface area contributed by atoms with Crippen molar-refractivity contribution in [1.82, 2.24) is 4.90 Å². The van der Waals surface area contributed by atoms with Crippen molar-refractivity contribution in [2.24, 2.45) is 5.41 Å². The lowest BCUT2D eigenvalue weighted by Gasteiger charge is -2.33. The van der Waals surface area contributed by atoms with Gasteiger partial charge in [0.25, 0.3) is 0 Å². The van der Waals surface area contributed by atoms with Crippen LogP contribution in [0.25, 0.3) is 0 Å². The zero-order valence-electron chi connectivity index (χ0n) is 12.2. The van der Waals surface area contributed by atoms with E-state index in [0.717, 1.165) is 6.42 Å². The summed E-state index contributed by atoms with van der Waals surface area (Å²) in [6.07, 6.45) is 7.35. The van der Waals surface area contributed by atoms with E-state index in [-0.39, 0.29) is 6.10 Å². The third kappa shape index (κ3) is 6.42. The maximum absolute atomic E-state index is 9.62. The summed E-state index contributed by atoms with van der Waals surface area (Å²) in [6, 6.07) is 0.611. The van der Waals surface area contributed by atoms with Gasteiger partial charge >= 0.3 is 0 Å². The Morgan fingerprint density at radius 2 is 1.94 bits per heavy atom. The van der Waals surface area contributed by atoms with E-state index in [1.165, 1.54) is 45.2 Å². The van der Waals surface area contributed by atoms with Crippen molar-refractivity contribution in [3.8, 4) is 0 Å². The number of likely N-dealkylation sites (tertiary alicyclic amines) is 1. The SMILES string of the molecule is CC(O)CC1CCCCCN1CCC(C)(C)C. The average molecular weight is 241 g/mol. The Balaban J connectivity index is 2.49. The quantitative estimate of drug-likeness (QED) is 0.815. The summed E-state index contributed by atoms with van der Waals surface area (Å²) in [5.41, 5.74) is 0.418. The van der Waals surface area contributed by atoms with Gasteiger partial charge in [0.05, 0.1) is 6.10 Å². The number of hydrogen-bond acceptors (Lipinski definition) is 2. The van der Waals surface area contributed by atoms with Crippen LogP contribution in [0, 0.1) is 5.41 Å². The van der Waals surface area contributed by atoms with Gasteiger partial charge < -0.3 is 10.0 Å². The van der Waals surface area contributed by atoms with Gasteiger partial charge in [-0.1, -0.05) is 33.6 Å². The Labute approximate surface area is 107 Å². The maximum atomic E-state index is 9.62. The lowest BCUT2D eigenvalue weighted by atomic mass is 9.91. The second kappa shape index (κ2) is 6.75. The number of hydrogen-bond donors (Lipinski definition) is 1. The predicted molar refractivity (Wildman–Crippen MR) is 74.2 cm³/mol. The van der Waals surface area contributed by atoms with E-state index in [0.29, 0.717) is 11.5 Å². The smallest absolute Gasteiger partial charge is 0.0527 e. The first-order valence-corrected chi connectivity index (χ1v) is 7.30. The topological polar surface area (TPSA) is 23.5 Å². The van der Waals surface area contributed by atoms with Crippen LogP contribution in [0.1, 0.15) is 66.2 Å². The van der Waals surface area contributed by atoms with Gasteiger partial charge in [-0.25, -0.2) is 0 Å². The molecule has 1 aliphatic rings. The first-order valence-electron chi connectivity index (χ1n) is 7.30. The van der Waals surface area contributed by atoms with Gasteiger partial charge in [-0.3, -0.25) is 0 Å². The Kier molecular flexibility index (Phi) is 5.94. The molecule has 1 fully saturated rings. The van der Waals surface area contributed by atoms with Crippen molar-refractivity contribution in [3.63, 3.8) is 0 Å². The Hall–Kier alpha value is -0.0800. The molecule has 1 rings (SSSR count). The first kappa shape index (κ1) is 15.0. The fourth-order valence-electron chi connectivity index (χ4n) is 2.67. The normalized spacial score (nSPS) is 25.6. The van der Waals surface area contributed by atoms with Crippen LogP contribution in [0.5, 0.6) is 0 Å². The number of nitrogens with zero attached hydrogens (tertiary/aromatic N) is 1. The standard InChI is InChI=1S/C15H31NO/c1-13(17)12-14-8-6-5-7-10-16(14)11-9-15(2,3)4/h13-14,17H,5-12H2,1-4H3. The highest BCUT2D eigenvalue weighted by Gasteiger charge is 2.23. The van der Waals surface area contributed by atoms with Gasteiger partial charge in [0.1, 0.15) is 0 Å². The largest absolute Gasteiger partial charge is 0.393 e. The van der Waals surface area contributed by atoms with Gasteiger partial charge in [-0.2, -0.15) is 0 Å². The molecule has 2 nitrogen and oxygen atoms in total. The van der Waals surface area contributed by atoms with E-state index in [9.17, 15) is 5.11 Å². The Morgan fingerprint density at radius 3 is 2.53 bits per heavy atom. The van der Waals surface area contributed by atoms with Crippen molar-refractivity contribution in [1.29, 1.82) is 0 Å². The molecule has 0 aromatic heterocycles. The zero-order valence-corrected chi connectivity index (χ0v) is 12.2. The molecule has 0 aliphatic carbocycles. The summed E-state index contributed by atoms with van der Waals surface area (Å²) in [6.45, 7) is 11.3. The van der Waals surface area contributed by atoms with Gasteiger partial charge in [0.2, 0.25) is 0 Å². The molecule has 17 heavy (non-hydrogen) atoms. The van der Waals surface area contributed by atoms with Crippen LogP contribution < -0.4 is 0 Å². The van der Waals surface area contributed by atoms with E-state index in [1.54, 1.807) is 0 Å². The van der Waals surface area contributed by atoms with Crippen LogP contribution in [0.4, 0.5) is 0 Å². The van der Waals surface area contributed by atoms with Crippen molar-refractivity contribution >= 4 is 0 Å². The molecule has 2 unspecified atom stereocenters. The van der Waals surface area contributed by atoms with Crippen LogP contribution in [-0.4, -0.2) is 35.2 Å². The summed E-state index contributed by atoms with van der Waals surface area (Å²) in [5.74, 6) is 0. The van der Waals surface area contributed by atoms with Crippen LogP contribution in [-0.2, 0) is 0 Å². The molecule has 102 valence electrons. The van der Waals surface area contributed by atoms with Crippen molar-refractivity contribution < 1.29 is 5.11 Å². The van der Waals surface area contributed by atoms with E-state index in [4.69, 9.17) is 0 Å². The van der Waals surface area contributed by atoms with Crippen LogP contribution in [0.3, 0.4) is 0 Å². The molecule has 0 spiro atoms. The van der Waals surface area contributed by atoms with Crippen molar-refractivity contribution in [3.05, 3.63) is 0 Å². The Bertz CT molecular complexity index is 207. The second-order valence-corrected chi connectivity index (χ2v) is 6.93. The van der Waals surface area contributed by atoms with Gasteiger partial charge in [-0.15, -0.1) is 0 Å². The third-order valence-electron chi connectivity index (χ3n) is 3.76. The molecule has 2 atom stereocenters. The van der Waals surface area contributed by atoms with Crippen molar-refractivity contribution in [2.45, 2.75) is 78.4 Å². The summed E-state index contributed by atoms with van der Waals surface area (Å²) in [4.78, 5) is 2.63. The monoisotopic (exact) mass is 241 g/mol. The molecule has 0 saturated carbocycles. The number of rotatable bonds is 4. The first-order chi connectivity index (χ1) is 7.88. The highest BCUT2D eigenvalue weighted by Crippen LogP contribution is 2.24. The van der Waals surface area contributed by atoms with Gasteiger partial charge in [0, 0.05) is 6.04 Å². The highest BCUT2D eigenvalue weighted by molar-refractivity contribution is 4.78. The van der Waals surface area contributed by atoms with Gasteiger partial charge in [0.15, 0.2) is 0 Å². The van der Waals surface area contributed by atoms with Crippen LogP contribution in [0.15, 0.2) is 0 Å². The summed E-state index contributed by atoms with van der Waals surface area (Å²) in [7, 11) is 0. The third-order valence-corrected chi connectivity index (χ3v) is 3.76. The summed E-state index contributed by atoms with van der Waals surface area (Å²) < 4.78 is 0. The molecule has 1 N–H and O–H groups in total. The molecule has 0 bridgehead atoms. The molecular weight excluding hydrogens is 210 g/mol.